The molecule has 1 N–H and O–H groups in total. The van der Waals surface area contributed by atoms with Crippen LogP contribution in [0, 0.1) is 0 Å². The molecule has 0 aromatic rings. The Morgan fingerprint density at radius 2 is 1.95 bits per heavy atom. The fraction of sp³-hybridized carbons (Fsp3) is 0.375. The number of nitrogens with zero attached hydrogens (tertiary/aromatic N) is 1. The first-order chi connectivity index (χ1) is 9.42. The summed E-state index contributed by atoms with van der Waals surface area (Å²) < 4.78 is 5.16. The van der Waals surface area contributed by atoms with Gasteiger partial charge in [0.25, 0.3) is 0 Å². The van der Waals surface area contributed by atoms with Crippen LogP contribution < -0.4 is 5.32 Å². The van der Waals surface area contributed by atoms with E-state index in [1.807, 2.05) is 51.1 Å². The first kappa shape index (κ1) is 14.3. The van der Waals surface area contributed by atoms with Gasteiger partial charge in [0.15, 0.2) is 0 Å². The fourth-order valence-electron chi connectivity index (χ4n) is 2.01. The third-order valence-corrected chi connectivity index (χ3v) is 2.73. The third-order valence-electron chi connectivity index (χ3n) is 2.73. The molecule has 106 valence electrons. The zero-order valence-electron chi connectivity index (χ0n) is 12.4. The van der Waals surface area contributed by atoms with E-state index in [1.54, 1.807) is 6.92 Å². The van der Waals surface area contributed by atoms with Gasteiger partial charge in [-0.2, -0.15) is 0 Å². The highest BCUT2D eigenvalue weighted by Crippen LogP contribution is 2.33. The van der Waals surface area contributed by atoms with Crippen molar-refractivity contribution >= 4 is 11.8 Å². The van der Waals surface area contributed by atoms with E-state index in [2.05, 4.69) is 10.3 Å². The van der Waals surface area contributed by atoms with Crippen molar-refractivity contribution in [2.45, 2.75) is 33.2 Å². The molecule has 0 saturated heterocycles. The van der Waals surface area contributed by atoms with Crippen molar-refractivity contribution < 1.29 is 9.53 Å². The lowest BCUT2D eigenvalue weighted by atomic mass is 10.1. The summed E-state index contributed by atoms with van der Waals surface area (Å²) in [5, 5.41) is 3.28. The highest BCUT2D eigenvalue weighted by molar-refractivity contribution is 6.03. The van der Waals surface area contributed by atoms with Crippen LogP contribution in [0.25, 0.3) is 11.3 Å². The largest absolute Gasteiger partial charge is 0.462 e. The molecule has 4 nitrogen and oxygen atoms in total. The van der Waals surface area contributed by atoms with Gasteiger partial charge >= 0.3 is 5.97 Å². The molecule has 0 aromatic heterocycles. The predicted octanol–water partition coefficient (Wildman–Crippen LogP) is 3.57. The van der Waals surface area contributed by atoms with Gasteiger partial charge in [0.1, 0.15) is 11.4 Å². The monoisotopic (exact) mass is 272 g/mol. The topological polar surface area (TPSA) is 51.2 Å². The quantitative estimate of drug-likeness (QED) is 0.868. The van der Waals surface area contributed by atoms with Gasteiger partial charge < -0.3 is 10.1 Å². The Labute approximate surface area is 119 Å². The molecule has 4 heteroatoms. The molecule has 0 atom stereocenters. The molecule has 0 amide bonds. The van der Waals surface area contributed by atoms with E-state index >= 15 is 0 Å². The molecule has 0 fully saturated rings. The number of nitrogens with one attached hydrogen (secondary N) is 1. The number of fused-ring (bicyclic) bond motifs is 1. The first-order valence-corrected chi connectivity index (χ1v) is 6.76. The fourth-order valence-corrected chi connectivity index (χ4v) is 2.01. The molecule has 1 aliphatic heterocycles. The van der Waals surface area contributed by atoms with Crippen LogP contribution in [0.3, 0.4) is 0 Å². The maximum absolute atomic E-state index is 12.2. The Morgan fingerprint density at radius 1 is 1.25 bits per heavy atom. The second-order valence-electron chi connectivity index (χ2n) is 5.64. The Balaban J connectivity index is 2.57. The molecule has 0 saturated carbocycles. The summed E-state index contributed by atoms with van der Waals surface area (Å²) in [6.45, 7) is 8.23. The molecule has 1 heterocycles. The van der Waals surface area contributed by atoms with Crippen molar-refractivity contribution in [2.75, 3.05) is 11.9 Å². The van der Waals surface area contributed by atoms with Crippen LogP contribution >= 0.6 is 0 Å². The standard InChI is InChI=1S/C16H20N2O2/c1-5-20-15(19)13-11-9-7-6-8-10-12(11)17-14(13)18-16(2,3)4/h6-10H,5H2,1-4H3,(H,17,18). The summed E-state index contributed by atoms with van der Waals surface area (Å²) in [6, 6.07) is 9.50. The van der Waals surface area contributed by atoms with Gasteiger partial charge in [-0.05, 0) is 33.8 Å². The van der Waals surface area contributed by atoms with E-state index in [0.29, 0.717) is 18.0 Å². The molecular formula is C16H20N2O2. The summed E-state index contributed by atoms with van der Waals surface area (Å²) in [7, 11) is 0. The third kappa shape index (κ3) is 3.07. The molecule has 1 aliphatic carbocycles. The van der Waals surface area contributed by atoms with Crippen LogP contribution in [0.5, 0.6) is 0 Å². The number of aromatic nitrogens is 1. The van der Waals surface area contributed by atoms with E-state index in [0.717, 1.165) is 11.3 Å². The summed E-state index contributed by atoms with van der Waals surface area (Å²) in [4.78, 5) is 16.8. The smallest absolute Gasteiger partial charge is 0.342 e. The van der Waals surface area contributed by atoms with Crippen LogP contribution in [0.4, 0.5) is 5.82 Å². The van der Waals surface area contributed by atoms with Crippen molar-refractivity contribution in [2.24, 2.45) is 0 Å². The van der Waals surface area contributed by atoms with Crippen LogP contribution in [0.15, 0.2) is 30.3 Å². The number of hydrogen-bond acceptors (Lipinski definition) is 4. The molecule has 20 heavy (non-hydrogen) atoms. The van der Waals surface area contributed by atoms with E-state index in [9.17, 15) is 4.79 Å². The minimum Gasteiger partial charge on any atom is -0.462 e. The van der Waals surface area contributed by atoms with Crippen molar-refractivity contribution in [3.8, 4) is 11.3 Å². The molecule has 2 aliphatic rings. The van der Waals surface area contributed by atoms with Crippen LogP contribution in [-0.4, -0.2) is 23.1 Å². The summed E-state index contributed by atoms with van der Waals surface area (Å²) in [6.07, 6.45) is 0. The molecular weight excluding hydrogens is 252 g/mol. The highest BCUT2D eigenvalue weighted by Gasteiger charge is 2.26. The number of carbonyl (C=O) groups excluding carboxylic acids is 1. The Hall–Kier alpha value is -2.10. The average Bonchev–Trinajstić information content (AvgIpc) is 2.51. The van der Waals surface area contributed by atoms with Crippen molar-refractivity contribution in [1.82, 2.24) is 4.98 Å². The van der Waals surface area contributed by atoms with Gasteiger partial charge in [-0.3, -0.25) is 0 Å². The second-order valence-corrected chi connectivity index (χ2v) is 5.64. The lowest BCUT2D eigenvalue weighted by Crippen LogP contribution is -2.27. The van der Waals surface area contributed by atoms with Gasteiger partial charge in [0, 0.05) is 11.1 Å². The highest BCUT2D eigenvalue weighted by atomic mass is 16.5. The van der Waals surface area contributed by atoms with Gasteiger partial charge in [0.2, 0.25) is 0 Å². The van der Waals surface area contributed by atoms with E-state index < -0.39 is 0 Å². The van der Waals surface area contributed by atoms with Gasteiger partial charge in [-0.25, -0.2) is 9.78 Å². The summed E-state index contributed by atoms with van der Waals surface area (Å²) in [5.41, 5.74) is 1.92. The first-order valence-electron chi connectivity index (χ1n) is 6.76. The van der Waals surface area contributed by atoms with Crippen LogP contribution in [-0.2, 0) is 4.74 Å². The van der Waals surface area contributed by atoms with Crippen LogP contribution in [0.2, 0.25) is 0 Å². The number of hydrogen-bond donors (Lipinski definition) is 1. The maximum atomic E-state index is 12.2. The SMILES string of the molecule is CCOC(=O)c1c2cccccc-2nc1NC(C)(C)C. The predicted molar refractivity (Wildman–Crippen MR) is 80.2 cm³/mol. The molecule has 0 bridgehead atoms. The molecule has 0 unspecified atom stereocenters. The maximum Gasteiger partial charge on any atom is 0.342 e. The Morgan fingerprint density at radius 3 is 2.60 bits per heavy atom. The molecule has 0 radical (unpaired) electrons. The minimum atomic E-state index is -0.340. The number of carbonyl (C=O) groups is 1. The summed E-state index contributed by atoms with van der Waals surface area (Å²) in [5.74, 6) is 0.241. The van der Waals surface area contributed by atoms with Gasteiger partial charge in [0.05, 0.1) is 12.3 Å². The molecule has 0 spiro atoms. The Kier molecular flexibility index (Phi) is 3.93. The van der Waals surface area contributed by atoms with E-state index in [4.69, 9.17) is 4.74 Å². The Bertz CT molecular complexity index is 588. The normalized spacial score (nSPS) is 11.4. The average molecular weight is 272 g/mol. The molecule has 2 rings (SSSR count). The lowest BCUT2D eigenvalue weighted by Gasteiger charge is -2.21. The van der Waals surface area contributed by atoms with Crippen molar-refractivity contribution in [3.05, 3.63) is 35.9 Å². The van der Waals surface area contributed by atoms with E-state index in [-0.39, 0.29) is 11.5 Å². The van der Waals surface area contributed by atoms with Gasteiger partial charge in [-0.1, -0.05) is 24.3 Å². The van der Waals surface area contributed by atoms with Crippen molar-refractivity contribution in [3.63, 3.8) is 0 Å². The summed E-state index contributed by atoms with van der Waals surface area (Å²) >= 11 is 0. The van der Waals surface area contributed by atoms with Crippen molar-refractivity contribution in [1.29, 1.82) is 0 Å². The zero-order valence-corrected chi connectivity index (χ0v) is 12.4. The second kappa shape index (κ2) is 5.49. The number of rotatable bonds is 3. The number of esters is 1. The zero-order chi connectivity index (χ0) is 14.8. The number of ether oxygens (including phenoxy) is 1. The van der Waals surface area contributed by atoms with Gasteiger partial charge in [-0.15, -0.1) is 0 Å². The minimum absolute atomic E-state index is 0.180. The molecule has 0 aromatic carbocycles. The van der Waals surface area contributed by atoms with Crippen LogP contribution in [0.1, 0.15) is 38.1 Å². The van der Waals surface area contributed by atoms with E-state index in [1.165, 1.54) is 0 Å². The number of anilines is 1. The lowest BCUT2D eigenvalue weighted by molar-refractivity contribution is 0.0528.